The van der Waals surface area contributed by atoms with E-state index in [1.54, 1.807) is 9.80 Å². The van der Waals surface area contributed by atoms with Crippen LogP contribution in [0, 0.1) is 5.92 Å². The molecule has 1 aromatic heterocycles. The number of amides is 3. The molecular weight excluding hydrogens is 312 g/mol. The Morgan fingerprint density at radius 3 is 2.50 bits per heavy atom. The van der Waals surface area contributed by atoms with Crippen LogP contribution in [-0.4, -0.2) is 58.9 Å². The number of primary amides is 1. The molecule has 1 fully saturated rings. The first-order chi connectivity index (χ1) is 11.5. The minimum atomic E-state index is -0.580. The molecule has 3 amide bonds. The molecule has 2 N–H and O–H groups in total. The van der Waals surface area contributed by atoms with Crippen molar-refractivity contribution in [2.24, 2.45) is 11.7 Å². The first-order valence-electron chi connectivity index (χ1n) is 8.29. The van der Waals surface area contributed by atoms with Gasteiger partial charge in [-0.3, -0.25) is 14.4 Å². The van der Waals surface area contributed by atoms with Crippen molar-refractivity contribution < 1.29 is 18.9 Å². The fourth-order valence-electron chi connectivity index (χ4n) is 3.37. The van der Waals surface area contributed by atoms with Crippen LogP contribution in [-0.2, 0) is 22.4 Å². The van der Waals surface area contributed by atoms with Crippen molar-refractivity contribution in [3.05, 3.63) is 17.0 Å². The van der Waals surface area contributed by atoms with Gasteiger partial charge in [0.1, 0.15) is 5.76 Å². The molecule has 0 bridgehead atoms. The summed E-state index contributed by atoms with van der Waals surface area (Å²) >= 11 is 0. The molecule has 0 unspecified atom stereocenters. The average molecular weight is 334 g/mol. The van der Waals surface area contributed by atoms with Crippen LogP contribution in [0.1, 0.15) is 41.6 Å². The highest BCUT2D eigenvalue weighted by Crippen LogP contribution is 2.25. The summed E-state index contributed by atoms with van der Waals surface area (Å²) in [4.78, 5) is 39.3. The van der Waals surface area contributed by atoms with Gasteiger partial charge in [-0.25, -0.2) is 0 Å². The van der Waals surface area contributed by atoms with Crippen molar-refractivity contribution in [1.82, 2.24) is 15.0 Å². The minimum Gasteiger partial charge on any atom is -0.369 e. The van der Waals surface area contributed by atoms with Crippen LogP contribution < -0.4 is 5.73 Å². The number of carbonyl (C=O) groups excluding carboxylic acids is 3. The molecule has 1 aromatic rings. The fraction of sp³-hybridized carbons (Fsp3) is 0.625. The fourth-order valence-corrected chi connectivity index (χ4v) is 3.37. The number of aryl methyl sites for hydroxylation is 1. The molecule has 8 heteroatoms. The van der Waals surface area contributed by atoms with E-state index in [0.29, 0.717) is 18.8 Å². The lowest BCUT2D eigenvalue weighted by Crippen LogP contribution is -2.41. The van der Waals surface area contributed by atoms with E-state index in [4.69, 9.17) is 10.3 Å². The van der Waals surface area contributed by atoms with Gasteiger partial charge in [0.05, 0.1) is 5.92 Å². The van der Waals surface area contributed by atoms with E-state index in [2.05, 4.69) is 5.16 Å². The molecule has 0 radical (unpaired) electrons. The highest BCUT2D eigenvalue weighted by Gasteiger charge is 2.33. The molecular formula is C16H22N4O4. The summed E-state index contributed by atoms with van der Waals surface area (Å²) < 4.78 is 5.31. The number of hydrogen-bond donors (Lipinski definition) is 1. The Bertz CT molecular complexity index is 669. The molecule has 3 rings (SSSR count). The second-order valence-corrected chi connectivity index (χ2v) is 6.46. The number of aromatic nitrogens is 1. The zero-order valence-electron chi connectivity index (χ0n) is 13.8. The highest BCUT2D eigenvalue weighted by molar-refractivity contribution is 5.94. The van der Waals surface area contributed by atoms with Gasteiger partial charge in [0.2, 0.25) is 11.8 Å². The van der Waals surface area contributed by atoms with E-state index in [1.807, 2.05) is 0 Å². The lowest BCUT2D eigenvalue weighted by Gasteiger charge is -2.22. The largest absolute Gasteiger partial charge is 0.369 e. The van der Waals surface area contributed by atoms with Crippen LogP contribution >= 0.6 is 0 Å². The van der Waals surface area contributed by atoms with Gasteiger partial charge in [0.15, 0.2) is 5.69 Å². The van der Waals surface area contributed by atoms with Crippen LogP contribution in [0.2, 0.25) is 0 Å². The molecule has 2 aliphatic rings. The number of fused-ring (bicyclic) bond motifs is 1. The number of rotatable bonds is 2. The lowest BCUT2D eigenvalue weighted by molar-refractivity contribution is -0.130. The Balaban J connectivity index is 1.82. The second-order valence-electron chi connectivity index (χ2n) is 6.46. The maximum Gasteiger partial charge on any atom is 0.276 e. The summed E-state index contributed by atoms with van der Waals surface area (Å²) in [5.41, 5.74) is 6.66. The average Bonchev–Trinajstić information content (AvgIpc) is 2.84. The SMILES string of the molecule is CC(=O)N1CCN(C(=O)c2noc3c2CCCC3)C[C@H](C(N)=O)C1. The van der Waals surface area contributed by atoms with Gasteiger partial charge >= 0.3 is 0 Å². The molecule has 0 saturated carbocycles. The first-order valence-corrected chi connectivity index (χ1v) is 8.29. The number of hydrogen-bond acceptors (Lipinski definition) is 5. The maximum absolute atomic E-state index is 12.9. The van der Waals surface area contributed by atoms with Crippen molar-refractivity contribution in [2.75, 3.05) is 26.2 Å². The molecule has 1 aliphatic carbocycles. The Morgan fingerprint density at radius 1 is 1.12 bits per heavy atom. The minimum absolute atomic E-state index is 0.130. The van der Waals surface area contributed by atoms with Gasteiger partial charge in [-0.1, -0.05) is 5.16 Å². The third-order valence-corrected chi connectivity index (χ3v) is 4.81. The monoisotopic (exact) mass is 334 g/mol. The predicted octanol–water partition coefficient (Wildman–Crippen LogP) is -0.0408. The van der Waals surface area contributed by atoms with E-state index in [1.165, 1.54) is 6.92 Å². The second kappa shape index (κ2) is 6.62. The van der Waals surface area contributed by atoms with Gasteiger partial charge in [-0.05, 0) is 19.3 Å². The van der Waals surface area contributed by atoms with Crippen molar-refractivity contribution in [3.8, 4) is 0 Å². The van der Waals surface area contributed by atoms with Crippen LogP contribution in [0.5, 0.6) is 0 Å². The van der Waals surface area contributed by atoms with Crippen LogP contribution in [0.15, 0.2) is 4.52 Å². The zero-order chi connectivity index (χ0) is 17.3. The molecule has 24 heavy (non-hydrogen) atoms. The molecule has 8 nitrogen and oxygen atoms in total. The zero-order valence-corrected chi connectivity index (χ0v) is 13.8. The number of nitrogens with two attached hydrogens (primary N) is 1. The highest BCUT2D eigenvalue weighted by atomic mass is 16.5. The summed E-state index contributed by atoms with van der Waals surface area (Å²) in [7, 11) is 0. The Hall–Kier alpha value is -2.38. The third kappa shape index (κ3) is 3.13. The van der Waals surface area contributed by atoms with Gasteiger partial charge < -0.3 is 20.1 Å². The number of carbonyl (C=O) groups is 3. The lowest BCUT2D eigenvalue weighted by atomic mass is 9.96. The predicted molar refractivity (Wildman–Crippen MR) is 84.0 cm³/mol. The molecule has 0 aromatic carbocycles. The Kier molecular flexibility index (Phi) is 4.55. The van der Waals surface area contributed by atoms with E-state index >= 15 is 0 Å². The molecule has 130 valence electrons. The molecule has 1 atom stereocenters. The molecule has 1 aliphatic heterocycles. The van der Waals surface area contributed by atoms with E-state index < -0.39 is 11.8 Å². The van der Waals surface area contributed by atoms with E-state index in [0.717, 1.165) is 37.0 Å². The van der Waals surface area contributed by atoms with Crippen LogP contribution in [0.4, 0.5) is 0 Å². The van der Waals surface area contributed by atoms with Crippen molar-refractivity contribution in [2.45, 2.75) is 32.6 Å². The van der Waals surface area contributed by atoms with Gasteiger partial charge in [0.25, 0.3) is 5.91 Å². The maximum atomic E-state index is 12.9. The smallest absolute Gasteiger partial charge is 0.276 e. The molecule has 0 spiro atoms. The quantitative estimate of drug-likeness (QED) is 0.816. The third-order valence-electron chi connectivity index (χ3n) is 4.81. The normalized spacial score (nSPS) is 21.1. The van der Waals surface area contributed by atoms with Gasteiger partial charge in [0, 0.05) is 45.1 Å². The summed E-state index contributed by atoms with van der Waals surface area (Å²) in [6, 6.07) is 0. The van der Waals surface area contributed by atoms with E-state index in [9.17, 15) is 14.4 Å². The summed E-state index contributed by atoms with van der Waals surface area (Å²) in [6.07, 6.45) is 3.64. The van der Waals surface area contributed by atoms with Crippen molar-refractivity contribution in [3.63, 3.8) is 0 Å². The van der Waals surface area contributed by atoms with Crippen molar-refractivity contribution >= 4 is 17.7 Å². The van der Waals surface area contributed by atoms with Gasteiger partial charge in [-0.15, -0.1) is 0 Å². The summed E-state index contributed by atoms with van der Waals surface area (Å²) in [5.74, 6) is -0.685. The van der Waals surface area contributed by atoms with Gasteiger partial charge in [-0.2, -0.15) is 0 Å². The molecule has 1 saturated heterocycles. The Labute approximate surface area is 139 Å². The summed E-state index contributed by atoms with van der Waals surface area (Å²) in [6.45, 7) is 2.61. The molecule has 2 heterocycles. The standard InChI is InChI=1S/C16H22N4O4/c1-10(21)19-6-7-20(9-11(8-19)15(17)22)16(23)14-12-4-2-3-5-13(12)24-18-14/h11H,2-9H2,1H3,(H2,17,22)/t11-/m1/s1. The van der Waals surface area contributed by atoms with Crippen LogP contribution in [0.3, 0.4) is 0 Å². The summed E-state index contributed by atoms with van der Waals surface area (Å²) in [5, 5.41) is 3.96. The van der Waals surface area contributed by atoms with E-state index in [-0.39, 0.29) is 24.9 Å². The number of nitrogens with zero attached hydrogens (tertiary/aromatic N) is 3. The Morgan fingerprint density at radius 2 is 1.79 bits per heavy atom. The first kappa shape index (κ1) is 16.5. The van der Waals surface area contributed by atoms with Crippen LogP contribution in [0.25, 0.3) is 0 Å². The van der Waals surface area contributed by atoms with Crippen molar-refractivity contribution in [1.29, 1.82) is 0 Å². The topological polar surface area (TPSA) is 110 Å².